The van der Waals surface area contributed by atoms with Gasteiger partial charge in [-0.15, -0.1) is 0 Å². The predicted octanol–water partition coefficient (Wildman–Crippen LogP) is 5.73. The summed E-state index contributed by atoms with van der Waals surface area (Å²) in [5.74, 6) is 0. The molecule has 1 aliphatic rings. The van der Waals surface area contributed by atoms with Gasteiger partial charge in [-0.25, -0.2) is 0 Å². The van der Waals surface area contributed by atoms with Crippen LogP contribution in [0.4, 0.5) is 0 Å². The zero-order valence-electron chi connectivity index (χ0n) is 13.4. The van der Waals surface area contributed by atoms with Gasteiger partial charge in [-0.1, -0.05) is 0 Å². The van der Waals surface area contributed by atoms with Crippen LogP contribution in [-0.2, 0) is 18.9 Å². The molecule has 0 unspecified atom stereocenters. The van der Waals surface area contributed by atoms with Crippen LogP contribution in [0.25, 0.3) is 0 Å². The van der Waals surface area contributed by atoms with Gasteiger partial charge in [0, 0.05) is 0 Å². The third-order valence-corrected chi connectivity index (χ3v) is 14.5. The van der Waals surface area contributed by atoms with E-state index in [-0.39, 0.29) is 0 Å². The van der Waals surface area contributed by atoms with Crippen LogP contribution in [0.5, 0.6) is 0 Å². The van der Waals surface area contributed by atoms with Crippen molar-refractivity contribution in [3.05, 3.63) is 23.8 Å². The van der Waals surface area contributed by atoms with Gasteiger partial charge in [0.2, 0.25) is 0 Å². The summed E-state index contributed by atoms with van der Waals surface area (Å²) in [7, 11) is 0. The summed E-state index contributed by atoms with van der Waals surface area (Å²) < 4.78 is 14.0. The van der Waals surface area contributed by atoms with Crippen LogP contribution in [0.1, 0.15) is 20.3 Å². The Morgan fingerprint density at radius 3 is 1.83 bits per heavy atom. The topological polar surface area (TPSA) is 18.5 Å². The van der Waals surface area contributed by atoms with Crippen LogP contribution in [0.3, 0.4) is 0 Å². The van der Waals surface area contributed by atoms with Crippen LogP contribution in [0.15, 0.2) is 23.8 Å². The van der Waals surface area contributed by atoms with Gasteiger partial charge in [0.05, 0.1) is 0 Å². The number of allylic oxidation sites excluding steroid dienone is 4. The molecule has 0 atom stereocenters. The fourth-order valence-corrected chi connectivity index (χ4v) is 14.3. The van der Waals surface area contributed by atoms with Crippen molar-refractivity contribution in [2.24, 2.45) is 0 Å². The van der Waals surface area contributed by atoms with Crippen molar-refractivity contribution in [1.82, 2.24) is 0 Å². The van der Waals surface area contributed by atoms with E-state index in [0.29, 0.717) is 13.2 Å². The first-order valence-electron chi connectivity index (χ1n) is 7.32. The normalized spacial score (nSPS) is 24.7. The molecule has 18 heavy (non-hydrogen) atoms. The molecule has 0 aliphatic heterocycles. The molecule has 0 heterocycles. The SMILES string of the molecule is CC[O][Ti]([CH3])([CH3])([CH3])([CH3])([CH3])([CH2]C1=CC=CC1)[O]CC. The van der Waals surface area contributed by atoms with E-state index >= 15 is 0 Å². The van der Waals surface area contributed by atoms with Crippen molar-refractivity contribution >= 4 is 0 Å². The van der Waals surface area contributed by atoms with E-state index in [9.17, 15) is 0 Å². The molecule has 0 radical (unpaired) electrons. The molecular formula is C15H32O2Ti. The molecule has 0 bridgehead atoms. The molecule has 0 saturated carbocycles. The monoisotopic (exact) mass is 292 g/mol. The third-order valence-electron chi connectivity index (χ3n) is 4.16. The summed E-state index contributed by atoms with van der Waals surface area (Å²) >= 11 is -4.86. The zero-order chi connectivity index (χ0) is 14.3. The zero-order valence-corrected chi connectivity index (χ0v) is 14.9. The van der Waals surface area contributed by atoms with Gasteiger partial charge in [0.1, 0.15) is 0 Å². The molecule has 108 valence electrons. The Kier molecular flexibility index (Phi) is 2.48. The van der Waals surface area contributed by atoms with E-state index in [1.165, 1.54) is 5.57 Å². The molecule has 0 aromatic rings. The van der Waals surface area contributed by atoms with E-state index in [1.807, 2.05) is 0 Å². The first kappa shape index (κ1) is 16.2. The Morgan fingerprint density at radius 1 is 1.00 bits per heavy atom. The minimum absolute atomic E-state index is 0.678. The minimum atomic E-state index is -4.86. The number of hydrogen-bond donors (Lipinski definition) is 0. The summed E-state index contributed by atoms with van der Waals surface area (Å²) in [6.07, 6.45) is 7.56. The van der Waals surface area contributed by atoms with Crippen molar-refractivity contribution in [2.75, 3.05) is 13.2 Å². The molecule has 1 aliphatic carbocycles. The van der Waals surface area contributed by atoms with Crippen molar-refractivity contribution in [3.63, 3.8) is 0 Å². The van der Waals surface area contributed by atoms with Crippen molar-refractivity contribution in [1.29, 1.82) is 0 Å². The fourth-order valence-electron chi connectivity index (χ4n) is 3.85. The second-order valence-electron chi connectivity index (χ2n) is 11.7. The van der Waals surface area contributed by atoms with Crippen molar-refractivity contribution in [2.45, 2.75) is 51.1 Å². The maximum absolute atomic E-state index is 6.56. The first-order valence-corrected chi connectivity index (χ1v) is 17.5. The quantitative estimate of drug-likeness (QED) is 0.582. The molecule has 0 saturated heterocycles. The molecule has 3 heteroatoms. The maximum atomic E-state index is 6.56. The Labute approximate surface area is 107 Å². The van der Waals surface area contributed by atoms with E-state index < -0.39 is 12.2 Å². The molecule has 1 rings (SSSR count). The van der Waals surface area contributed by atoms with E-state index in [4.69, 9.17) is 6.64 Å². The van der Waals surface area contributed by atoms with Crippen LogP contribution >= 0.6 is 0 Å². The first-order chi connectivity index (χ1) is 7.66. The van der Waals surface area contributed by atoms with Gasteiger partial charge in [-0.05, 0) is 0 Å². The molecule has 0 aromatic heterocycles. The molecule has 0 N–H and O–H groups in total. The molecule has 0 fully saturated rings. The van der Waals surface area contributed by atoms with E-state index in [1.54, 1.807) is 0 Å². The second kappa shape index (κ2) is 2.76. The van der Waals surface area contributed by atoms with Crippen LogP contribution in [0.2, 0.25) is 30.9 Å². The van der Waals surface area contributed by atoms with Gasteiger partial charge in [-0.3, -0.25) is 0 Å². The van der Waals surface area contributed by atoms with Crippen molar-refractivity contribution < 1.29 is 18.9 Å². The fraction of sp³-hybridized carbons (Fsp3) is 0.733. The van der Waals surface area contributed by atoms with Gasteiger partial charge < -0.3 is 0 Å². The Bertz CT molecular complexity index is 443. The molecule has 0 amide bonds. The molecule has 2 nitrogen and oxygen atoms in total. The molecule has 0 aromatic carbocycles. The average Bonchev–Trinajstić information content (AvgIpc) is 2.52. The van der Waals surface area contributed by atoms with Crippen LogP contribution < -0.4 is 0 Å². The Hall–Kier alpha value is 0.114. The Balaban J connectivity index is 3.43. The summed E-state index contributed by atoms with van der Waals surface area (Å²) in [6.45, 7) is 5.48. The number of hydrogen-bond acceptors (Lipinski definition) is 2. The van der Waals surface area contributed by atoms with Gasteiger partial charge in [-0.2, -0.15) is 0 Å². The summed E-state index contributed by atoms with van der Waals surface area (Å²) in [5.41, 5.74) is 1.41. The van der Waals surface area contributed by atoms with Gasteiger partial charge in [0.15, 0.2) is 0 Å². The second-order valence-corrected chi connectivity index (χ2v) is 41.8. The average molecular weight is 292 g/mol. The van der Waals surface area contributed by atoms with E-state index in [0.717, 1.165) is 11.1 Å². The van der Waals surface area contributed by atoms with Gasteiger partial charge >= 0.3 is 107 Å². The summed E-state index contributed by atoms with van der Waals surface area (Å²) in [6, 6.07) is 0. The summed E-state index contributed by atoms with van der Waals surface area (Å²) in [4.78, 5) is 0. The molecular weight excluding hydrogens is 260 g/mol. The Morgan fingerprint density at radius 2 is 1.50 bits per heavy atom. The number of rotatable bonds is 6. The standard InChI is InChI=1S/C6H7.2C2H5O.5CH3.Ti/c1-6-4-2-3-5-6;2*1-2-3;;;;;;/h2-4H,1,5H2;2*2H2,1H3;5*1H3;/q;2*-1;;;;;;+2. The van der Waals surface area contributed by atoms with Gasteiger partial charge in [0.25, 0.3) is 0 Å². The summed E-state index contributed by atoms with van der Waals surface area (Å²) in [5, 5.41) is 11.3. The molecule has 0 spiro atoms. The third kappa shape index (κ3) is 3.57. The van der Waals surface area contributed by atoms with Crippen LogP contribution in [0, 0.1) is 0 Å². The van der Waals surface area contributed by atoms with Crippen molar-refractivity contribution in [3.8, 4) is 0 Å². The predicted molar refractivity (Wildman–Crippen MR) is 79.2 cm³/mol. The van der Waals surface area contributed by atoms with E-state index in [2.05, 4.69) is 58.2 Å². The van der Waals surface area contributed by atoms with Crippen LogP contribution in [-0.4, -0.2) is 13.2 Å².